The molecule has 0 N–H and O–H groups in total. The van der Waals surface area contributed by atoms with Gasteiger partial charge < -0.3 is 9.80 Å². The van der Waals surface area contributed by atoms with E-state index in [1.165, 1.54) is 0 Å². The molecule has 0 saturated heterocycles. The number of nitrogens with zero attached hydrogens (tertiary/aromatic N) is 4. The molecule has 2 unspecified atom stereocenters. The van der Waals surface area contributed by atoms with E-state index in [0.717, 1.165) is 51.8 Å². The summed E-state index contributed by atoms with van der Waals surface area (Å²) in [4.78, 5) is 25.1. The number of benzene rings is 1. The molecule has 0 bridgehead atoms. The maximum Gasteiger partial charge on any atom is 0.223 e. The lowest BCUT2D eigenvalue weighted by Gasteiger charge is -2.25. The summed E-state index contributed by atoms with van der Waals surface area (Å²) in [5, 5.41) is 1.05. The van der Waals surface area contributed by atoms with Gasteiger partial charge in [-0.05, 0) is 69.1 Å². The molecular formula is C26H34N4O. The van der Waals surface area contributed by atoms with Crippen LogP contribution in [-0.4, -0.2) is 48.0 Å². The maximum atomic E-state index is 11.8. The molecule has 0 radical (unpaired) electrons. The van der Waals surface area contributed by atoms with E-state index in [1.807, 2.05) is 19.2 Å². The topological polar surface area (TPSA) is 49.3 Å². The Kier molecular flexibility index (Phi) is 7.06. The summed E-state index contributed by atoms with van der Waals surface area (Å²) < 4.78 is 0. The monoisotopic (exact) mass is 418 g/mol. The molecule has 5 nitrogen and oxygen atoms in total. The van der Waals surface area contributed by atoms with Crippen LogP contribution in [0.15, 0.2) is 42.7 Å². The molecule has 31 heavy (non-hydrogen) atoms. The van der Waals surface area contributed by atoms with Crippen LogP contribution in [0.2, 0.25) is 0 Å². The van der Waals surface area contributed by atoms with E-state index in [1.54, 1.807) is 25.1 Å². The van der Waals surface area contributed by atoms with Crippen molar-refractivity contribution in [2.45, 2.75) is 52.5 Å². The quantitative estimate of drug-likeness (QED) is 0.514. The fourth-order valence-electron chi connectivity index (χ4n) is 4.14. The zero-order valence-corrected chi connectivity index (χ0v) is 19.8. The highest BCUT2D eigenvalue weighted by atomic mass is 16.2. The van der Waals surface area contributed by atoms with Gasteiger partial charge >= 0.3 is 0 Å². The van der Waals surface area contributed by atoms with Gasteiger partial charge in [-0.2, -0.15) is 0 Å². The molecule has 1 aromatic carbocycles. The Morgan fingerprint density at radius 1 is 1.03 bits per heavy atom. The Labute approximate surface area is 186 Å². The minimum absolute atomic E-state index is 0.00566. The summed E-state index contributed by atoms with van der Waals surface area (Å²) >= 11 is 0. The summed E-state index contributed by atoms with van der Waals surface area (Å²) in [6.07, 6.45) is 5.98. The lowest BCUT2D eigenvalue weighted by molar-refractivity contribution is -0.116. The normalized spacial score (nSPS) is 13.4. The molecule has 3 rings (SSSR count). The van der Waals surface area contributed by atoms with Crippen molar-refractivity contribution in [2.75, 3.05) is 26.0 Å². The van der Waals surface area contributed by atoms with Crippen molar-refractivity contribution >= 4 is 22.5 Å². The number of amides is 1. The molecule has 0 aliphatic heterocycles. The van der Waals surface area contributed by atoms with Crippen LogP contribution in [0, 0.1) is 6.92 Å². The Morgan fingerprint density at radius 2 is 1.74 bits per heavy atom. The van der Waals surface area contributed by atoms with Gasteiger partial charge in [-0.1, -0.05) is 26.0 Å². The molecular weight excluding hydrogens is 384 g/mol. The molecule has 0 spiro atoms. The van der Waals surface area contributed by atoms with Crippen LogP contribution in [0.3, 0.4) is 0 Å². The lowest BCUT2D eigenvalue weighted by Crippen LogP contribution is -2.28. The minimum atomic E-state index is -0.00566. The number of hydrogen-bond donors (Lipinski definition) is 0. The Bertz CT molecular complexity index is 1060. The fraction of sp³-hybridized carbons (Fsp3) is 0.423. The summed E-state index contributed by atoms with van der Waals surface area (Å²) in [7, 11) is 6.08. The highest BCUT2D eigenvalue weighted by Crippen LogP contribution is 2.31. The Hall–Kier alpha value is -2.79. The van der Waals surface area contributed by atoms with Crippen molar-refractivity contribution in [3.05, 3.63) is 54.0 Å². The number of rotatable bonds is 7. The largest absolute Gasteiger partial charge is 0.314 e. The van der Waals surface area contributed by atoms with E-state index in [9.17, 15) is 4.79 Å². The van der Waals surface area contributed by atoms with Gasteiger partial charge in [0.05, 0.1) is 17.4 Å². The highest BCUT2D eigenvalue weighted by molar-refractivity contribution is 5.96. The highest BCUT2D eigenvalue weighted by Gasteiger charge is 2.16. The van der Waals surface area contributed by atoms with Crippen LogP contribution in [-0.2, 0) is 4.79 Å². The zero-order chi connectivity index (χ0) is 22.7. The lowest BCUT2D eigenvalue weighted by atomic mass is 9.95. The van der Waals surface area contributed by atoms with Gasteiger partial charge in [0, 0.05) is 42.9 Å². The van der Waals surface area contributed by atoms with Gasteiger partial charge in [-0.25, -0.2) is 0 Å². The maximum absolute atomic E-state index is 11.8. The van der Waals surface area contributed by atoms with E-state index < -0.39 is 0 Å². The third kappa shape index (κ3) is 4.93. The van der Waals surface area contributed by atoms with Crippen molar-refractivity contribution in [1.82, 2.24) is 14.9 Å². The molecule has 0 aliphatic carbocycles. The van der Waals surface area contributed by atoms with E-state index >= 15 is 0 Å². The van der Waals surface area contributed by atoms with Crippen LogP contribution in [0.5, 0.6) is 0 Å². The SMILES string of the molecule is CCC(CC(C)c1ccc(-c2ccc3ncc(N(C)C(C)=O)c(C)c3c2)cn1)N(C)C. The summed E-state index contributed by atoms with van der Waals surface area (Å²) in [6, 6.07) is 11.1. The number of aryl methyl sites for hydroxylation is 1. The van der Waals surface area contributed by atoms with Gasteiger partial charge in [0.1, 0.15) is 0 Å². The third-order valence-electron chi connectivity index (χ3n) is 6.40. The molecule has 1 amide bonds. The molecule has 0 saturated carbocycles. The predicted molar refractivity (Wildman–Crippen MR) is 130 cm³/mol. The standard InChI is InChI=1S/C26H34N4O/c1-8-22(29(5)6)13-17(2)24-11-10-21(15-27-24)20-9-12-25-23(14-20)18(3)26(16-28-25)30(7)19(4)31/h9-12,14-17,22H,8,13H2,1-7H3. The first kappa shape index (κ1) is 22.9. The predicted octanol–water partition coefficient (Wildman–Crippen LogP) is 5.42. The van der Waals surface area contributed by atoms with Crippen LogP contribution in [0.25, 0.3) is 22.0 Å². The fourth-order valence-corrected chi connectivity index (χ4v) is 4.14. The second-order valence-corrected chi connectivity index (χ2v) is 8.71. The van der Waals surface area contributed by atoms with Crippen LogP contribution in [0.1, 0.15) is 50.8 Å². The number of carbonyl (C=O) groups is 1. The van der Waals surface area contributed by atoms with Gasteiger partial charge in [0.2, 0.25) is 5.91 Å². The average molecular weight is 419 g/mol. The molecule has 2 heterocycles. The number of carbonyl (C=O) groups excluding carboxylic acids is 1. The van der Waals surface area contributed by atoms with Crippen molar-refractivity contribution in [1.29, 1.82) is 0 Å². The van der Waals surface area contributed by atoms with E-state index in [0.29, 0.717) is 12.0 Å². The molecule has 2 atom stereocenters. The number of hydrogen-bond acceptors (Lipinski definition) is 4. The smallest absolute Gasteiger partial charge is 0.223 e. The summed E-state index contributed by atoms with van der Waals surface area (Å²) in [5.41, 5.74) is 6.14. The first-order chi connectivity index (χ1) is 14.7. The number of anilines is 1. The molecule has 0 fully saturated rings. The van der Waals surface area contributed by atoms with Crippen LogP contribution >= 0.6 is 0 Å². The molecule has 164 valence electrons. The molecule has 2 aromatic heterocycles. The number of pyridine rings is 2. The van der Waals surface area contributed by atoms with Gasteiger partial charge in [-0.3, -0.25) is 14.8 Å². The first-order valence-electron chi connectivity index (χ1n) is 11.0. The first-order valence-corrected chi connectivity index (χ1v) is 11.0. The van der Waals surface area contributed by atoms with Crippen molar-refractivity contribution < 1.29 is 4.79 Å². The summed E-state index contributed by atoms with van der Waals surface area (Å²) in [5.74, 6) is 0.406. The Morgan fingerprint density at radius 3 is 2.32 bits per heavy atom. The summed E-state index contributed by atoms with van der Waals surface area (Å²) in [6.45, 7) is 8.10. The number of fused-ring (bicyclic) bond motifs is 1. The van der Waals surface area contributed by atoms with E-state index in [2.05, 4.69) is 62.1 Å². The number of aromatic nitrogens is 2. The van der Waals surface area contributed by atoms with Crippen LogP contribution < -0.4 is 4.90 Å². The second kappa shape index (κ2) is 9.56. The molecule has 5 heteroatoms. The van der Waals surface area contributed by atoms with Crippen molar-refractivity contribution in [3.8, 4) is 11.1 Å². The molecule has 0 aliphatic rings. The van der Waals surface area contributed by atoms with E-state index in [4.69, 9.17) is 4.98 Å². The van der Waals surface area contributed by atoms with Crippen molar-refractivity contribution in [3.63, 3.8) is 0 Å². The van der Waals surface area contributed by atoms with Crippen molar-refractivity contribution in [2.24, 2.45) is 0 Å². The van der Waals surface area contributed by atoms with E-state index in [-0.39, 0.29) is 5.91 Å². The second-order valence-electron chi connectivity index (χ2n) is 8.71. The van der Waals surface area contributed by atoms with Gasteiger partial charge in [0.15, 0.2) is 0 Å². The Balaban J connectivity index is 1.89. The molecule has 3 aromatic rings. The average Bonchev–Trinajstić information content (AvgIpc) is 2.76. The van der Waals surface area contributed by atoms with Crippen LogP contribution in [0.4, 0.5) is 5.69 Å². The minimum Gasteiger partial charge on any atom is -0.314 e. The van der Waals surface area contributed by atoms with Gasteiger partial charge in [0.25, 0.3) is 0 Å². The zero-order valence-electron chi connectivity index (χ0n) is 19.8. The van der Waals surface area contributed by atoms with Gasteiger partial charge in [-0.15, -0.1) is 0 Å². The third-order valence-corrected chi connectivity index (χ3v) is 6.40.